The first kappa shape index (κ1) is 11.7. The summed E-state index contributed by atoms with van der Waals surface area (Å²) in [4.78, 5) is 13.8. The number of carbonyl (C=O) groups is 1. The van der Waals surface area contributed by atoms with Gasteiger partial charge in [0.15, 0.2) is 0 Å². The van der Waals surface area contributed by atoms with Crippen LogP contribution in [-0.4, -0.2) is 35.1 Å². The van der Waals surface area contributed by atoms with Crippen LogP contribution < -0.4 is 0 Å². The van der Waals surface area contributed by atoms with Gasteiger partial charge in [-0.25, -0.2) is 0 Å². The first-order valence-corrected chi connectivity index (χ1v) is 6.77. The molecule has 3 heteroatoms. The summed E-state index contributed by atoms with van der Waals surface area (Å²) < 4.78 is 0. The Morgan fingerprint density at radius 3 is 2.50 bits per heavy atom. The van der Waals surface area contributed by atoms with Gasteiger partial charge in [-0.3, -0.25) is 4.79 Å². The number of aliphatic hydroxyl groups is 1. The fourth-order valence-corrected chi connectivity index (χ4v) is 2.81. The van der Waals surface area contributed by atoms with Crippen molar-refractivity contribution >= 4 is 5.91 Å². The number of hydrogen-bond acceptors (Lipinski definition) is 2. The molecule has 3 rings (SSSR count). The number of nitrogens with zero attached hydrogens (tertiary/aromatic N) is 1. The molecule has 1 aromatic carbocycles. The third-order valence-corrected chi connectivity index (χ3v) is 4.05. The van der Waals surface area contributed by atoms with Crippen molar-refractivity contribution < 1.29 is 9.90 Å². The van der Waals surface area contributed by atoms with Gasteiger partial charge < -0.3 is 10.0 Å². The largest absolute Gasteiger partial charge is 0.391 e. The van der Waals surface area contributed by atoms with Crippen molar-refractivity contribution in [3.05, 3.63) is 35.9 Å². The SMILES string of the molecule is O=C(C1CC1)N1CCC(c2ccccc2)C(O)C1. The van der Waals surface area contributed by atoms with E-state index in [1.54, 1.807) is 0 Å². The number of aliphatic hydroxyl groups excluding tert-OH is 1. The minimum Gasteiger partial charge on any atom is -0.391 e. The summed E-state index contributed by atoms with van der Waals surface area (Å²) in [6.07, 6.45) is 2.51. The molecule has 0 bridgehead atoms. The molecule has 3 nitrogen and oxygen atoms in total. The average molecular weight is 245 g/mol. The van der Waals surface area contributed by atoms with Crippen LogP contribution in [0.25, 0.3) is 0 Å². The summed E-state index contributed by atoms with van der Waals surface area (Å²) in [6, 6.07) is 10.1. The maximum Gasteiger partial charge on any atom is 0.225 e. The second kappa shape index (κ2) is 4.73. The number of amides is 1. The first-order valence-electron chi connectivity index (χ1n) is 6.77. The third kappa shape index (κ3) is 2.27. The predicted molar refractivity (Wildman–Crippen MR) is 69.1 cm³/mol. The van der Waals surface area contributed by atoms with Crippen LogP contribution in [0.2, 0.25) is 0 Å². The van der Waals surface area contributed by atoms with Gasteiger partial charge in [0.05, 0.1) is 6.10 Å². The molecule has 1 amide bonds. The van der Waals surface area contributed by atoms with E-state index in [1.807, 2.05) is 23.1 Å². The maximum atomic E-state index is 12.0. The molecule has 96 valence electrons. The highest BCUT2D eigenvalue weighted by atomic mass is 16.3. The lowest BCUT2D eigenvalue weighted by atomic mass is 9.87. The second-order valence-electron chi connectivity index (χ2n) is 5.43. The van der Waals surface area contributed by atoms with Crippen LogP contribution in [-0.2, 0) is 4.79 Å². The van der Waals surface area contributed by atoms with Gasteiger partial charge in [0.25, 0.3) is 0 Å². The van der Waals surface area contributed by atoms with Crippen molar-refractivity contribution in [1.82, 2.24) is 4.90 Å². The Morgan fingerprint density at radius 2 is 1.89 bits per heavy atom. The zero-order valence-corrected chi connectivity index (χ0v) is 10.5. The molecule has 1 aliphatic heterocycles. The van der Waals surface area contributed by atoms with Crippen molar-refractivity contribution in [3.8, 4) is 0 Å². The molecule has 0 aromatic heterocycles. The molecule has 1 saturated carbocycles. The summed E-state index contributed by atoms with van der Waals surface area (Å²) in [7, 11) is 0. The number of carbonyl (C=O) groups excluding carboxylic acids is 1. The molecule has 0 radical (unpaired) electrons. The number of piperidine rings is 1. The van der Waals surface area contributed by atoms with Gasteiger partial charge in [-0.15, -0.1) is 0 Å². The highest BCUT2D eigenvalue weighted by Crippen LogP contribution is 2.34. The first-order chi connectivity index (χ1) is 8.75. The molecule has 18 heavy (non-hydrogen) atoms. The molecular formula is C15H19NO2. The summed E-state index contributed by atoms with van der Waals surface area (Å²) in [6.45, 7) is 1.28. The second-order valence-corrected chi connectivity index (χ2v) is 5.43. The minimum absolute atomic E-state index is 0.175. The van der Waals surface area contributed by atoms with E-state index in [0.29, 0.717) is 6.54 Å². The summed E-state index contributed by atoms with van der Waals surface area (Å²) in [5.41, 5.74) is 1.18. The van der Waals surface area contributed by atoms with Crippen LogP contribution in [0.1, 0.15) is 30.7 Å². The van der Waals surface area contributed by atoms with Gasteiger partial charge in [-0.05, 0) is 24.8 Å². The molecule has 0 spiro atoms. The van der Waals surface area contributed by atoms with E-state index in [1.165, 1.54) is 5.56 Å². The van der Waals surface area contributed by atoms with Crippen LogP contribution in [0.15, 0.2) is 30.3 Å². The quantitative estimate of drug-likeness (QED) is 0.862. The smallest absolute Gasteiger partial charge is 0.225 e. The van der Waals surface area contributed by atoms with E-state index >= 15 is 0 Å². The van der Waals surface area contributed by atoms with Gasteiger partial charge in [0, 0.05) is 24.9 Å². The Bertz CT molecular complexity index is 427. The Hall–Kier alpha value is -1.35. The fraction of sp³-hybridized carbons (Fsp3) is 0.533. The van der Waals surface area contributed by atoms with Gasteiger partial charge in [-0.2, -0.15) is 0 Å². The molecule has 1 saturated heterocycles. The fourth-order valence-electron chi connectivity index (χ4n) is 2.81. The standard InChI is InChI=1S/C15H19NO2/c17-14-10-16(15(18)12-6-7-12)9-8-13(14)11-4-2-1-3-5-11/h1-5,12-14,17H,6-10H2. The molecular weight excluding hydrogens is 226 g/mol. The maximum absolute atomic E-state index is 12.0. The monoisotopic (exact) mass is 245 g/mol. The third-order valence-electron chi connectivity index (χ3n) is 4.05. The number of benzene rings is 1. The highest BCUT2D eigenvalue weighted by Gasteiger charge is 2.37. The molecule has 1 aliphatic carbocycles. The molecule has 2 atom stereocenters. The lowest BCUT2D eigenvalue weighted by Gasteiger charge is -2.36. The van der Waals surface area contributed by atoms with Gasteiger partial charge in [0.1, 0.15) is 0 Å². The molecule has 2 fully saturated rings. The lowest BCUT2D eigenvalue weighted by molar-refractivity contribution is -0.136. The number of rotatable bonds is 2. The topological polar surface area (TPSA) is 40.5 Å². The molecule has 1 aromatic rings. The van der Waals surface area contributed by atoms with Crippen molar-refractivity contribution in [2.24, 2.45) is 5.92 Å². The van der Waals surface area contributed by atoms with Crippen molar-refractivity contribution in [2.45, 2.75) is 31.3 Å². The van der Waals surface area contributed by atoms with Crippen LogP contribution >= 0.6 is 0 Å². The number of β-amino-alcohol motifs (C(OH)–C–C–N with tert-alkyl or cyclic N) is 1. The van der Waals surface area contributed by atoms with Crippen LogP contribution in [0.3, 0.4) is 0 Å². The van der Waals surface area contributed by atoms with E-state index < -0.39 is 6.10 Å². The van der Waals surface area contributed by atoms with E-state index in [0.717, 1.165) is 25.8 Å². The van der Waals surface area contributed by atoms with Crippen LogP contribution in [0, 0.1) is 5.92 Å². The van der Waals surface area contributed by atoms with Gasteiger partial charge in [0.2, 0.25) is 5.91 Å². The van der Waals surface area contributed by atoms with E-state index in [-0.39, 0.29) is 17.7 Å². The zero-order chi connectivity index (χ0) is 12.5. The summed E-state index contributed by atoms with van der Waals surface area (Å²) in [5.74, 6) is 0.681. The average Bonchev–Trinajstić information content (AvgIpc) is 3.23. The van der Waals surface area contributed by atoms with E-state index in [4.69, 9.17) is 0 Å². The van der Waals surface area contributed by atoms with Crippen molar-refractivity contribution in [2.75, 3.05) is 13.1 Å². The summed E-state index contributed by atoms with van der Waals surface area (Å²) in [5, 5.41) is 10.2. The Morgan fingerprint density at radius 1 is 1.17 bits per heavy atom. The Kier molecular flexibility index (Phi) is 3.08. The van der Waals surface area contributed by atoms with Gasteiger partial charge >= 0.3 is 0 Å². The Labute approximate surface area is 107 Å². The predicted octanol–water partition coefficient (Wildman–Crippen LogP) is 1.77. The number of hydrogen-bond donors (Lipinski definition) is 1. The number of likely N-dealkylation sites (tertiary alicyclic amines) is 1. The molecule has 1 heterocycles. The zero-order valence-electron chi connectivity index (χ0n) is 10.5. The van der Waals surface area contributed by atoms with E-state index in [2.05, 4.69) is 12.1 Å². The van der Waals surface area contributed by atoms with Crippen molar-refractivity contribution in [3.63, 3.8) is 0 Å². The molecule has 2 aliphatic rings. The highest BCUT2D eigenvalue weighted by molar-refractivity contribution is 5.81. The normalized spacial score (nSPS) is 28.2. The Balaban J connectivity index is 1.66. The molecule has 1 N–H and O–H groups in total. The lowest BCUT2D eigenvalue weighted by Crippen LogP contribution is -2.46. The van der Waals surface area contributed by atoms with Crippen molar-refractivity contribution in [1.29, 1.82) is 0 Å². The summed E-state index contributed by atoms with van der Waals surface area (Å²) >= 11 is 0. The van der Waals surface area contributed by atoms with Crippen LogP contribution in [0.4, 0.5) is 0 Å². The van der Waals surface area contributed by atoms with Crippen LogP contribution in [0.5, 0.6) is 0 Å². The minimum atomic E-state index is -0.427. The molecule has 2 unspecified atom stereocenters. The van der Waals surface area contributed by atoms with E-state index in [9.17, 15) is 9.90 Å². The van der Waals surface area contributed by atoms with Gasteiger partial charge in [-0.1, -0.05) is 30.3 Å².